The molecule has 0 aliphatic carbocycles. The highest BCUT2D eigenvalue weighted by Crippen LogP contribution is 2.03. The van der Waals surface area contributed by atoms with E-state index >= 15 is 0 Å². The Labute approximate surface area is 79.2 Å². The molecule has 0 amide bonds. The van der Waals surface area contributed by atoms with Gasteiger partial charge in [0.1, 0.15) is 0 Å². The Morgan fingerprint density at radius 1 is 1.33 bits per heavy atom. The molecule has 0 aromatic heterocycles. The van der Waals surface area contributed by atoms with Gasteiger partial charge in [-0.3, -0.25) is 4.79 Å². The van der Waals surface area contributed by atoms with Crippen LogP contribution in [0.25, 0.3) is 0 Å². The van der Waals surface area contributed by atoms with Crippen LogP contribution in [-0.2, 0) is 9.53 Å². The van der Waals surface area contributed by atoms with Crippen molar-refractivity contribution in [3.63, 3.8) is 0 Å². The Kier molecular flexibility index (Phi) is 7.26. The van der Waals surface area contributed by atoms with Gasteiger partial charge in [-0.1, -0.05) is 6.42 Å². The predicted molar refractivity (Wildman–Crippen MR) is 50.4 cm³/mol. The Hall–Kier alpha value is -0.240. The first-order chi connectivity index (χ1) is 5.66. The number of alkyl halides is 1. The molecule has 0 N–H and O–H groups in total. The summed E-state index contributed by atoms with van der Waals surface area (Å²) in [4.78, 5) is 11.0. The van der Waals surface area contributed by atoms with E-state index in [1.165, 1.54) is 0 Å². The topological polar surface area (TPSA) is 26.3 Å². The highest BCUT2D eigenvalue weighted by molar-refractivity contribution is 6.17. The Morgan fingerprint density at radius 3 is 2.50 bits per heavy atom. The van der Waals surface area contributed by atoms with Gasteiger partial charge in [0.15, 0.2) is 0 Å². The number of hydrogen-bond acceptors (Lipinski definition) is 2. The van der Waals surface area contributed by atoms with Crippen LogP contribution in [0.5, 0.6) is 0 Å². The molecular weight excluding hydrogens is 176 g/mol. The summed E-state index contributed by atoms with van der Waals surface area (Å²) in [5.41, 5.74) is 0. The maximum Gasteiger partial charge on any atom is 0.306 e. The lowest BCUT2D eigenvalue weighted by Gasteiger charge is -2.06. The fourth-order valence-electron chi connectivity index (χ4n) is 0.862. The minimum atomic E-state index is -0.0976. The summed E-state index contributed by atoms with van der Waals surface area (Å²) in [6.07, 6.45) is 3.41. The van der Waals surface area contributed by atoms with Crippen molar-refractivity contribution in [2.75, 3.05) is 5.88 Å². The number of carbonyl (C=O) groups excluding carboxylic acids is 1. The van der Waals surface area contributed by atoms with Crippen LogP contribution >= 0.6 is 11.6 Å². The molecule has 0 aliphatic rings. The lowest BCUT2D eigenvalue weighted by atomic mass is 10.2. The molecule has 0 saturated carbocycles. The SMILES string of the molecule is CC(C)OC(=O)CCCCCCl. The zero-order valence-electron chi connectivity index (χ0n) is 7.81. The maximum atomic E-state index is 11.0. The summed E-state index contributed by atoms with van der Waals surface area (Å²) >= 11 is 5.48. The van der Waals surface area contributed by atoms with E-state index in [9.17, 15) is 4.79 Å². The van der Waals surface area contributed by atoms with E-state index in [1.54, 1.807) is 0 Å². The zero-order chi connectivity index (χ0) is 9.40. The molecule has 0 unspecified atom stereocenters. The third kappa shape index (κ3) is 7.86. The van der Waals surface area contributed by atoms with Crippen LogP contribution < -0.4 is 0 Å². The Bertz CT molecular complexity index is 124. The average Bonchev–Trinajstić information content (AvgIpc) is 1.97. The smallest absolute Gasteiger partial charge is 0.306 e. The number of hydrogen-bond donors (Lipinski definition) is 0. The fraction of sp³-hybridized carbons (Fsp3) is 0.889. The second-order valence-corrected chi connectivity index (χ2v) is 3.42. The molecule has 0 aliphatic heterocycles. The molecule has 0 fully saturated rings. The third-order valence-electron chi connectivity index (χ3n) is 1.38. The number of halogens is 1. The monoisotopic (exact) mass is 192 g/mol. The van der Waals surface area contributed by atoms with Gasteiger partial charge in [0.25, 0.3) is 0 Å². The van der Waals surface area contributed by atoms with Gasteiger partial charge in [0.2, 0.25) is 0 Å². The first-order valence-electron chi connectivity index (χ1n) is 4.42. The molecule has 0 heterocycles. The quantitative estimate of drug-likeness (QED) is 0.368. The lowest BCUT2D eigenvalue weighted by Crippen LogP contribution is -2.10. The first-order valence-corrected chi connectivity index (χ1v) is 4.95. The van der Waals surface area contributed by atoms with E-state index in [4.69, 9.17) is 16.3 Å². The molecule has 0 bridgehead atoms. The predicted octanol–water partition coefficient (Wildman–Crippen LogP) is 2.74. The van der Waals surface area contributed by atoms with E-state index in [0.717, 1.165) is 19.3 Å². The van der Waals surface area contributed by atoms with Gasteiger partial charge in [0, 0.05) is 12.3 Å². The highest BCUT2D eigenvalue weighted by Gasteiger charge is 2.03. The van der Waals surface area contributed by atoms with Gasteiger partial charge >= 0.3 is 5.97 Å². The normalized spacial score (nSPS) is 10.3. The molecule has 0 aromatic carbocycles. The molecule has 0 radical (unpaired) electrons. The summed E-state index contributed by atoms with van der Waals surface area (Å²) in [6.45, 7) is 3.72. The van der Waals surface area contributed by atoms with Crippen LogP contribution in [0.2, 0.25) is 0 Å². The molecule has 0 saturated heterocycles. The number of rotatable bonds is 6. The summed E-state index contributed by atoms with van der Waals surface area (Å²) in [7, 11) is 0. The molecular formula is C9H17ClO2. The van der Waals surface area contributed by atoms with Gasteiger partial charge in [0.05, 0.1) is 6.10 Å². The second-order valence-electron chi connectivity index (χ2n) is 3.04. The van der Waals surface area contributed by atoms with E-state index < -0.39 is 0 Å². The zero-order valence-corrected chi connectivity index (χ0v) is 8.56. The fourth-order valence-corrected chi connectivity index (χ4v) is 1.05. The first kappa shape index (κ1) is 11.8. The van der Waals surface area contributed by atoms with Crippen molar-refractivity contribution in [2.45, 2.75) is 45.6 Å². The van der Waals surface area contributed by atoms with Crippen molar-refractivity contribution >= 4 is 17.6 Å². The minimum Gasteiger partial charge on any atom is -0.463 e. The molecule has 0 spiro atoms. The molecule has 12 heavy (non-hydrogen) atoms. The van der Waals surface area contributed by atoms with Crippen molar-refractivity contribution in [1.29, 1.82) is 0 Å². The lowest BCUT2D eigenvalue weighted by molar-refractivity contribution is -0.147. The summed E-state index contributed by atoms with van der Waals surface area (Å²) < 4.78 is 4.96. The Morgan fingerprint density at radius 2 is 2.00 bits per heavy atom. The number of unbranched alkanes of at least 4 members (excludes halogenated alkanes) is 2. The molecule has 72 valence electrons. The summed E-state index contributed by atoms with van der Waals surface area (Å²) in [5, 5.41) is 0. The standard InChI is InChI=1S/C9H17ClO2/c1-8(2)12-9(11)6-4-3-5-7-10/h8H,3-7H2,1-2H3. The largest absolute Gasteiger partial charge is 0.463 e. The molecule has 0 rings (SSSR count). The van der Waals surface area contributed by atoms with Crippen LogP contribution in [0.4, 0.5) is 0 Å². The van der Waals surface area contributed by atoms with E-state index in [1.807, 2.05) is 13.8 Å². The van der Waals surface area contributed by atoms with Gasteiger partial charge in [-0.25, -0.2) is 0 Å². The molecule has 3 heteroatoms. The van der Waals surface area contributed by atoms with Crippen LogP contribution in [0, 0.1) is 0 Å². The number of carbonyl (C=O) groups is 1. The molecule has 0 aromatic rings. The van der Waals surface area contributed by atoms with Crippen molar-refractivity contribution in [2.24, 2.45) is 0 Å². The van der Waals surface area contributed by atoms with Crippen LogP contribution in [0.3, 0.4) is 0 Å². The number of esters is 1. The van der Waals surface area contributed by atoms with Gasteiger partial charge < -0.3 is 4.74 Å². The summed E-state index contributed by atoms with van der Waals surface area (Å²) in [6, 6.07) is 0. The second kappa shape index (κ2) is 7.41. The third-order valence-corrected chi connectivity index (χ3v) is 1.65. The van der Waals surface area contributed by atoms with Crippen molar-refractivity contribution in [3.8, 4) is 0 Å². The van der Waals surface area contributed by atoms with E-state index in [-0.39, 0.29) is 12.1 Å². The highest BCUT2D eigenvalue weighted by atomic mass is 35.5. The summed E-state index contributed by atoms with van der Waals surface area (Å²) in [5.74, 6) is 0.582. The van der Waals surface area contributed by atoms with E-state index in [0.29, 0.717) is 12.3 Å². The van der Waals surface area contributed by atoms with Crippen LogP contribution in [0.15, 0.2) is 0 Å². The van der Waals surface area contributed by atoms with Crippen LogP contribution in [0.1, 0.15) is 39.5 Å². The van der Waals surface area contributed by atoms with E-state index in [2.05, 4.69) is 0 Å². The maximum absolute atomic E-state index is 11.0. The average molecular weight is 193 g/mol. The number of ether oxygens (including phenoxy) is 1. The van der Waals surface area contributed by atoms with Gasteiger partial charge in [-0.2, -0.15) is 0 Å². The van der Waals surface area contributed by atoms with Crippen LogP contribution in [-0.4, -0.2) is 18.0 Å². The van der Waals surface area contributed by atoms with Crippen molar-refractivity contribution < 1.29 is 9.53 Å². The minimum absolute atomic E-state index is 0.00512. The van der Waals surface area contributed by atoms with Gasteiger partial charge in [-0.05, 0) is 26.7 Å². The molecule has 0 atom stereocenters. The molecule has 2 nitrogen and oxygen atoms in total. The van der Waals surface area contributed by atoms with Crippen molar-refractivity contribution in [1.82, 2.24) is 0 Å². The van der Waals surface area contributed by atoms with Crippen molar-refractivity contribution in [3.05, 3.63) is 0 Å². The Balaban J connectivity index is 3.20. The van der Waals surface area contributed by atoms with Gasteiger partial charge in [-0.15, -0.1) is 11.6 Å².